The Kier molecular flexibility index (Phi) is 4.85. The highest BCUT2D eigenvalue weighted by molar-refractivity contribution is 6.30. The van der Waals surface area contributed by atoms with E-state index in [0.717, 1.165) is 34.7 Å². The van der Waals surface area contributed by atoms with Gasteiger partial charge in [0.15, 0.2) is 0 Å². The average Bonchev–Trinajstić information content (AvgIpc) is 2.86. The molecule has 1 aliphatic carbocycles. The molecule has 1 saturated heterocycles. The lowest BCUT2D eigenvalue weighted by Crippen LogP contribution is -2.58. The van der Waals surface area contributed by atoms with E-state index in [4.69, 9.17) is 11.6 Å². The number of amides is 1. The number of aryl methyl sites for hydroxylation is 1. The number of rotatable bonds is 2. The van der Waals surface area contributed by atoms with Crippen LogP contribution in [0.5, 0.6) is 0 Å². The van der Waals surface area contributed by atoms with E-state index < -0.39 is 18.1 Å². The van der Waals surface area contributed by atoms with Crippen molar-refractivity contribution in [3.05, 3.63) is 57.9 Å². The molecule has 1 aromatic heterocycles. The third-order valence-electron chi connectivity index (χ3n) is 5.54. The van der Waals surface area contributed by atoms with Crippen molar-refractivity contribution in [2.45, 2.75) is 25.3 Å². The Hall–Kier alpha value is -2.80. The Morgan fingerprint density at radius 3 is 2.68 bits per heavy atom. The molecule has 4 rings (SSSR count). The molecule has 146 valence electrons. The van der Waals surface area contributed by atoms with Gasteiger partial charge in [0.1, 0.15) is 6.04 Å². The summed E-state index contributed by atoms with van der Waals surface area (Å²) in [5.74, 6) is -1.13. The standard InChI is InChI=1S/C20H20ClN3O4/c21-14-3-1-13-10-16-15(4-2-12(13)9-14)17(5-6-22-16)23-7-8-24(20(27)28)18(11-23)19(25)26/h1,3,5-6,9,18H,2,4,7-8,10-11H2,(H,25,26)(H,27,28)/t18-/m1/s1. The molecular weight excluding hydrogens is 382 g/mol. The van der Waals surface area contributed by atoms with Gasteiger partial charge < -0.3 is 15.1 Å². The number of aliphatic carboxylic acids is 1. The maximum Gasteiger partial charge on any atom is 0.408 e. The van der Waals surface area contributed by atoms with E-state index in [9.17, 15) is 19.8 Å². The molecule has 2 aromatic rings. The van der Waals surface area contributed by atoms with Crippen LogP contribution in [0.3, 0.4) is 0 Å². The van der Waals surface area contributed by atoms with Gasteiger partial charge in [-0.25, -0.2) is 9.59 Å². The number of hydrogen-bond donors (Lipinski definition) is 2. The molecule has 2 heterocycles. The van der Waals surface area contributed by atoms with Gasteiger partial charge in [-0.15, -0.1) is 0 Å². The van der Waals surface area contributed by atoms with Gasteiger partial charge in [-0.2, -0.15) is 0 Å². The summed E-state index contributed by atoms with van der Waals surface area (Å²) in [7, 11) is 0. The summed E-state index contributed by atoms with van der Waals surface area (Å²) in [5.41, 5.74) is 5.43. The zero-order valence-corrected chi connectivity index (χ0v) is 15.9. The molecule has 1 fully saturated rings. The first kappa shape index (κ1) is 18.6. The first-order valence-corrected chi connectivity index (χ1v) is 9.53. The van der Waals surface area contributed by atoms with Gasteiger partial charge in [0.2, 0.25) is 0 Å². The van der Waals surface area contributed by atoms with Gasteiger partial charge in [-0.3, -0.25) is 9.88 Å². The maximum absolute atomic E-state index is 11.6. The molecular formula is C20H20ClN3O4. The van der Waals surface area contributed by atoms with Crippen LogP contribution in [0, 0.1) is 0 Å². The van der Waals surface area contributed by atoms with E-state index in [1.54, 1.807) is 6.20 Å². The summed E-state index contributed by atoms with van der Waals surface area (Å²) in [5, 5.41) is 19.5. The molecule has 1 aromatic carbocycles. The Morgan fingerprint density at radius 2 is 1.93 bits per heavy atom. The van der Waals surface area contributed by atoms with Crippen molar-refractivity contribution in [3.63, 3.8) is 0 Å². The molecule has 0 radical (unpaired) electrons. The zero-order chi connectivity index (χ0) is 19.8. The number of halogens is 1. The van der Waals surface area contributed by atoms with Crippen molar-refractivity contribution < 1.29 is 19.8 Å². The molecule has 28 heavy (non-hydrogen) atoms. The second kappa shape index (κ2) is 7.31. The lowest BCUT2D eigenvalue weighted by Gasteiger charge is -2.39. The molecule has 0 bridgehead atoms. The van der Waals surface area contributed by atoms with Crippen LogP contribution >= 0.6 is 11.6 Å². The third kappa shape index (κ3) is 3.38. The molecule has 2 aliphatic rings. The molecule has 1 amide bonds. The first-order valence-electron chi connectivity index (χ1n) is 9.15. The highest BCUT2D eigenvalue weighted by Crippen LogP contribution is 2.32. The minimum absolute atomic E-state index is 0.122. The SMILES string of the molecule is O=C(O)[C@H]1CN(c2ccnc3c2CCc2cc(Cl)ccc2C3)CCN1C(=O)O. The largest absolute Gasteiger partial charge is 0.480 e. The summed E-state index contributed by atoms with van der Waals surface area (Å²) < 4.78 is 0. The van der Waals surface area contributed by atoms with E-state index in [-0.39, 0.29) is 13.1 Å². The van der Waals surface area contributed by atoms with Crippen LogP contribution < -0.4 is 4.90 Å². The summed E-state index contributed by atoms with van der Waals surface area (Å²) >= 11 is 6.15. The summed E-state index contributed by atoms with van der Waals surface area (Å²) in [6, 6.07) is 6.73. The average molecular weight is 402 g/mol. The molecule has 0 spiro atoms. The van der Waals surface area contributed by atoms with Crippen molar-refractivity contribution in [1.82, 2.24) is 9.88 Å². The lowest BCUT2D eigenvalue weighted by atomic mass is 10.0. The van der Waals surface area contributed by atoms with Crippen molar-refractivity contribution in [1.29, 1.82) is 0 Å². The summed E-state index contributed by atoms with van der Waals surface area (Å²) in [4.78, 5) is 30.5. The van der Waals surface area contributed by atoms with E-state index in [1.165, 1.54) is 11.1 Å². The fourth-order valence-corrected chi connectivity index (χ4v) is 4.32. The van der Waals surface area contributed by atoms with Crippen LogP contribution in [0.2, 0.25) is 5.02 Å². The van der Waals surface area contributed by atoms with Crippen LogP contribution in [0.15, 0.2) is 30.5 Å². The molecule has 0 unspecified atom stereocenters. The van der Waals surface area contributed by atoms with Crippen molar-refractivity contribution in [2.75, 3.05) is 24.5 Å². The van der Waals surface area contributed by atoms with Crippen molar-refractivity contribution >= 4 is 29.4 Å². The number of hydrogen-bond acceptors (Lipinski definition) is 4. The third-order valence-corrected chi connectivity index (χ3v) is 5.78. The monoisotopic (exact) mass is 401 g/mol. The fraction of sp³-hybridized carbons (Fsp3) is 0.350. The quantitative estimate of drug-likeness (QED) is 0.803. The lowest BCUT2D eigenvalue weighted by molar-refractivity contribution is -0.142. The van der Waals surface area contributed by atoms with Crippen LogP contribution in [-0.2, 0) is 24.1 Å². The number of anilines is 1. The number of aromatic nitrogens is 1. The van der Waals surface area contributed by atoms with Gasteiger partial charge in [-0.1, -0.05) is 17.7 Å². The minimum Gasteiger partial charge on any atom is -0.480 e. The fourth-order valence-electron chi connectivity index (χ4n) is 4.13. The predicted molar refractivity (Wildman–Crippen MR) is 104 cm³/mol. The smallest absolute Gasteiger partial charge is 0.408 e. The van der Waals surface area contributed by atoms with Crippen LogP contribution in [0.25, 0.3) is 0 Å². The normalized spacial score (nSPS) is 18.8. The van der Waals surface area contributed by atoms with Crippen LogP contribution in [-0.4, -0.2) is 57.8 Å². The maximum atomic E-state index is 11.6. The number of fused-ring (bicyclic) bond motifs is 2. The summed E-state index contributed by atoms with van der Waals surface area (Å²) in [6.45, 7) is 0.724. The molecule has 7 nitrogen and oxygen atoms in total. The van der Waals surface area contributed by atoms with Gasteiger partial charge in [-0.05, 0) is 47.7 Å². The Balaban J connectivity index is 1.65. The number of piperazine rings is 1. The predicted octanol–water partition coefficient (Wildman–Crippen LogP) is 2.68. The second-order valence-corrected chi connectivity index (χ2v) is 7.56. The Bertz CT molecular complexity index is 949. The number of carboxylic acid groups (broad SMARTS) is 2. The molecule has 8 heteroatoms. The van der Waals surface area contributed by atoms with E-state index in [2.05, 4.69) is 4.98 Å². The summed E-state index contributed by atoms with van der Waals surface area (Å²) in [6.07, 6.45) is 2.86. The van der Waals surface area contributed by atoms with Crippen molar-refractivity contribution in [2.24, 2.45) is 0 Å². The van der Waals surface area contributed by atoms with Gasteiger partial charge in [0.25, 0.3) is 0 Å². The van der Waals surface area contributed by atoms with Crippen LogP contribution in [0.4, 0.5) is 10.5 Å². The first-order chi connectivity index (χ1) is 13.4. The second-order valence-electron chi connectivity index (χ2n) is 7.12. The molecule has 2 N–H and O–H groups in total. The van der Waals surface area contributed by atoms with Gasteiger partial charge >= 0.3 is 12.1 Å². The van der Waals surface area contributed by atoms with E-state index >= 15 is 0 Å². The van der Waals surface area contributed by atoms with Gasteiger partial charge in [0.05, 0.1) is 0 Å². The molecule has 0 saturated carbocycles. The topological polar surface area (TPSA) is 94.0 Å². The minimum atomic E-state index is -1.20. The van der Waals surface area contributed by atoms with E-state index in [0.29, 0.717) is 18.0 Å². The zero-order valence-electron chi connectivity index (χ0n) is 15.1. The number of carbonyl (C=O) groups is 2. The van der Waals surface area contributed by atoms with Crippen LogP contribution in [0.1, 0.15) is 22.4 Å². The molecule has 1 aliphatic heterocycles. The van der Waals surface area contributed by atoms with Gasteiger partial charge in [0, 0.05) is 48.7 Å². The number of nitrogens with zero attached hydrogens (tertiary/aromatic N) is 3. The van der Waals surface area contributed by atoms with Crippen molar-refractivity contribution in [3.8, 4) is 0 Å². The highest BCUT2D eigenvalue weighted by Gasteiger charge is 2.36. The van der Waals surface area contributed by atoms with E-state index in [1.807, 2.05) is 29.2 Å². The number of carboxylic acids is 1. The Labute approximate surface area is 167 Å². The number of benzene rings is 1. The Morgan fingerprint density at radius 1 is 1.11 bits per heavy atom. The number of pyridine rings is 1. The highest BCUT2D eigenvalue weighted by atomic mass is 35.5. The molecule has 1 atom stereocenters.